The third-order valence-corrected chi connectivity index (χ3v) is 2.95. The average molecular weight is 284 g/mol. The fourth-order valence-corrected chi connectivity index (χ4v) is 2.01. The van der Waals surface area contributed by atoms with Gasteiger partial charge in [0.25, 0.3) is 0 Å². The molecule has 2 aromatic rings. The zero-order valence-corrected chi connectivity index (χ0v) is 10.9. The lowest BCUT2D eigenvalue weighted by Gasteiger charge is -2.15. The molecule has 1 heterocycles. The van der Waals surface area contributed by atoms with E-state index < -0.39 is 23.5 Å². The van der Waals surface area contributed by atoms with Crippen LogP contribution in [-0.2, 0) is 6.54 Å². The van der Waals surface area contributed by atoms with E-state index in [9.17, 15) is 13.2 Å². The lowest BCUT2D eigenvalue weighted by Crippen LogP contribution is -2.29. The van der Waals surface area contributed by atoms with Gasteiger partial charge < -0.3 is 0 Å². The molecule has 4 nitrogen and oxygen atoms in total. The summed E-state index contributed by atoms with van der Waals surface area (Å²) < 4.78 is 41.2. The van der Waals surface area contributed by atoms with Crippen LogP contribution in [0.25, 0.3) is 0 Å². The van der Waals surface area contributed by atoms with Crippen LogP contribution in [0.1, 0.15) is 30.5 Å². The van der Waals surface area contributed by atoms with Gasteiger partial charge in [-0.05, 0) is 24.1 Å². The SMILES string of the molecule is CCCn1cc(C(NN)c2cc(F)c(F)c(F)c2)cn1. The quantitative estimate of drug-likeness (QED) is 0.503. The second-order valence-corrected chi connectivity index (χ2v) is 4.43. The van der Waals surface area contributed by atoms with Gasteiger partial charge in [-0.1, -0.05) is 6.92 Å². The van der Waals surface area contributed by atoms with Crippen LogP contribution >= 0.6 is 0 Å². The predicted octanol–water partition coefficient (Wildman–Crippen LogP) is 2.26. The van der Waals surface area contributed by atoms with Gasteiger partial charge in [0, 0.05) is 18.3 Å². The molecule has 108 valence electrons. The molecule has 2 rings (SSSR count). The van der Waals surface area contributed by atoms with Crippen LogP contribution in [0, 0.1) is 17.5 Å². The van der Waals surface area contributed by atoms with E-state index in [0.29, 0.717) is 5.56 Å². The zero-order valence-electron chi connectivity index (χ0n) is 10.9. The number of nitrogens with two attached hydrogens (primary N) is 1. The third kappa shape index (κ3) is 2.83. The summed E-state index contributed by atoms with van der Waals surface area (Å²) in [6.45, 7) is 2.73. The molecule has 3 N–H and O–H groups in total. The minimum absolute atomic E-state index is 0.194. The zero-order chi connectivity index (χ0) is 14.7. The Balaban J connectivity index is 2.36. The molecule has 20 heavy (non-hydrogen) atoms. The first-order chi connectivity index (χ1) is 9.56. The van der Waals surface area contributed by atoms with Crippen molar-refractivity contribution < 1.29 is 13.2 Å². The van der Waals surface area contributed by atoms with E-state index in [2.05, 4.69) is 10.5 Å². The maximum absolute atomic E-state index is 13.3. The maximum Gasteiger partial charge on any atom is 0.194 e. The summed E-state index contributed by atoms with van der Waals surface area (Å²) in [4.78, 5) is 0. The number of hydrazine groups is 1. The molecule has 0 radical (unpaired) electrons. The van der Waals surface area contributed by atoms with Crippen molar-refractivity contribution >= 4 is 0 Å². The summed E-state index contributed by atoms with van der Waals surface area (Å²) in [5.41, 5.74) is 3.29. The Kier molecular flexibility index (Phi) is 4.41. The Morgan fingerprint density at radius 2 is 1.90 bits per heavy atom. The van der Waals surface area contributed by atoms with Crippen molar-refractivity contribution in [3.63, 3.8) is 0 Å². The molecule has 1 aromatic heterocycles. The van der Waals surface area contributed by atoms with E-state index in [1.807, 2.05) is 6.92 Å². The van der Waals surface area contributed by atoms with Gasteiger partial charge in [0.15, 0.2) is 17.5 Å². The predicted molar refractivity (Wildman–Crippen MR) is 68.0 cm³/mol. The molecule has 1 aromatic carbocycles. The molecule has 7 heteroatoms. The summed E-state index contributed by atoms with van der Waals surface area (Å²) in [7, 11) is 0. The molecule has 0 saturated heterocycles. The summed E-state index contributed by atoms with van der Waals surface area (Å²) in [6.07, 6.45) is 4.19. The van der Waals surface area contributed by atoms with E-state index >= 15 is 0 Å². The Hall–Kier alpha value is -1.86. The largest absolute Gasteiger partial charge is 0.272 e. The topological polar surface area (TPSA) is 55.9 Å². The van der Waals surface area contributed by atoms with Crippen LogP contribution in [-0.4, -0.2) is 9.78 Å². The first kappa shape index (κ1) is 14.5. The molecule has 0 amide bonds. The highest BCUT2D eigenvalue weighted by molar-refractivity contribution is 5.30. The molecular formula is C13H15F3N4. The molecule has 0 aliphatic heterocycles. The van der Waals surface area contributed by atoms with Gasteiger partial charge >= 0.3 is 0 Å². The summed E-state index contributed by atoms with van der Waals surface area (Å²) in [5.74, 6) is 1.44. The number of aryl methyl sites for hydroxylation is 1. The minimum Gasteiger partial charge on any atom is -0.272 e. The number of benzene rings is 1. The second-order valence-electron chi connectivity index (χ2n) is 4.43. The number of hydrogen-bond acceptors (Lipinski definition) is 3. The molecule has 0 spiro atoms. The Labute approximate surface area is 114 Å². The fraction of sp³-hybridized carbons (Fsp3) is 0.308. The number of nitrogens with one attached hydrogen (secondary N) is 1. The molecule has 0 aliphatic carbocycles. The summed E-state index contributed by atoms with van der Waals surface area (Å²) >= 11 is 0. The number of rotatable bonds is 5. The van der Waals surface area contributed by atoms with Crippen molar-refractivity contribution in [2.24, 2.45) is 5.84 Å². The molecule has 0 bridgehead atoms. The number of aromatic nitrogens is 2. The highest BCUT2D eigenvalue weighted by Crippen LogP contribution is 2.24. The van der Waals surface area contributed by atoms with Crippen molar-refractivity contribution in [1.82, 2.24) is 15.2 Å². The Bertz CT molecular complexity index is 574. The first-order valence-electron chi connectivity index (χ1n) is 6.19. The molecule has 1 atom stereocenters. The van der Waals surface area contributed by atoms with Gasteiger partial charge in [-0.2, -0.15) is 5.10 Å². The van der Waals surface area contributed by atoms with Gasteiger partial charge in [-0.15, -0.1) is 0 Å². The lowest BCUT2D eigenvalue weighted by atomic mass is 10.0. The Morgan fingerprint density at radius 1 is 1.25 bits per heavy atom. The summed E-state index contributed by atoms with van der Waals surface area (Å²) in [6, 6.07) is 1.17. The second kappa shape index (κ2) is 6.06. The van der Waals surface area contributed by atoms with Crippen LogP contribution in [0.2, 0.25) is 0 Å². The van der Waals surface area contributed by atoms with Gasteiger partial charge in [0.05, 0.1) is 12.2 Å². The number of nitrogens with zero attached hydrogens (tertiary/aromatic N) is 2. The van der Waals surface area contributed by atoms with E-state index in [1.54, 1.807) is 17.1 Å². The molecule has 1 unspecified atom stereocenters. The van der Waals surface area contributed by atoms with Gasteiger partial charge in [0.1, 0.15) is 0 Å². The summed E-state index contributed by atoms with van der Waals surface area (Å²) in [5, 5.41) is 4.12. The van der Waals surface area contributed by atoms with Crippen LogP contribution in [0.15, 0.2) is 24.5 Å². The molecular weight excluding hydrogens is 269 g/mol. The molecule has 0 saturated carbocycles. The van der Waals surface area contributed by atoms with Crippen molar-refractivity contribution in [1.29, 1.82) is 0 Å². The Morgan fingerprint density at radius 3 is 2.45 bits per heavy atom. The number of halogens is 3. The van der Waals surface area contributed by atoms with E-state index in [-0.39, 0.29) is 5.56 Å². The van der Waals surface area contributed by atoms with Gasteiger partial charge in [-0.25, -0.2) is 18.6 Å². The smallest absolute Gasteiger partial charge is 0.194 e. The van der Waals surface area contributed by atoms with E-state index in [0.717, 1.165) is 25.1 Å². The van der Waals surface area contributed by atoms with Crippen molar-refractivity contribution in [2.45, 2.75) is 25.9 Å². The highest BCUT2D eigenvalue weighted by atomic mass is 19.2. The van der Waals surface area contributed by atoms with Crippen molar-refractivity contribution in [3.8, 4) is 0 Å². The standard InChI is InChI=1S/C13H15F3N4/c1-2-3-20-7-9(6-18-20)13(19-17)8-4-10(14)12(16)11(15)5-8/h4-7,13,19H,2-3,17H2,1H3. The van der Waals surface area contributed by atoms with Crippen LogP contribution in [0.5, 0.6) is 0 Å². The van der Waals surface area contributed by atoms with Crippen molar-refractivity contribution in [3.05, 3.63) is 53.1 Å². The van der Waals surface area contributed by atoms with E-state index in [4.69, 9.17) is 5.84 Å². The van der Waals surface area contributed by atoms with Crippen LogP contribution in [0.3, 0.4) is 0 Å². The number of hydrogen-bond donors (Lipinski definition) is 2. The molecule has 0 fully saturated rings. The monoisotopic (exact) mass is 284 g/mol. The van der Waals surface area contributed by atoms with Crippen LogP contribution < -0.4 is 11.3 Å². The normalized spacial score (nSPS) is 12.7. The highest BCUT2D eigenvalue weighted by Gasteiger charge is 2.19. The average Bonchev–Trinajstić information content (AvgIpc) is 2.85. The first-order valence-corrected chi connectivity index (χ1v) is 6.19. The van der Waals surface area contributed by atoms with Gasteiger partial charge in [-0.3, -0.25) is 10.5 Å². The van der Waals surface area contributed by atoms with Crippen molar-refractivity contribution in [2.75, 3.05) is 0 Å². The van der Waals surface area contributed by atoms with Gasteiger partial charge in [0.2, 0.25) is 0 Å². The van der Waals surface area contributed by atoms with Crippen LogP contribution in [0.4, 0.5) is 13.2 Å². The minimum atomic E-state index is -1.49. The van der Waals surface area contributed by atoms with E-state index in [1.165, 1.54) is 0 Å². The molecule has 0 aliphatic rings. The fourth-order valence-electron chi connectivity index (χ4n) is 2.01. The third-order valence-electron chi connectivity index (χ3n) is 2.95. The maximum atomic E-state index is 13.3. The lowest BCUT2D eigenvalue weighted by molar-refractivity contribution is 0.442.